The second kappa shape index (κ2) is 9.60. The van der Waals surface area contributed by atoms with E-state index in [1.807, 2.05) is 26.2 Å². The maximum atomic E-state index is 13.5. The van der Waals surface area contributed by atoms with Crippen LogP contribution in [-0.2, 0) is 17.8 Å². The molecular formula is C20H22F2O4S. The number of aryl methyl sites for hydroxylation is 2. The van der Waals surface area contributed by atoms with Crippen LogP contribution in [-0.4, -0.2) is 19.5 Å². The number of carbonyl (C=O) groups excluding carboxylic acids is 1. The first-order valence-corrected chi connectivity index (χ1v) is 9.59. The lowest BCUT2D eigenvalue weighted by molar-refractivity contribution is 0.120. The van der Waals surface area contributed by atoms with Crippen LogP contribution in [0.3, 0.4) is 0 Å². The molecule has 27 heavy (non-hydrogen) atoms. The Balaban J connectivity index is 2.36. The van der Waals surface area contributed by atoms with Gasteiger partial charge in [0.2, 0.25) is 0 Å². The monoisotopic (exact) mass is 396 g/mol. The predicted octanol–water partition coefficient (Wildman–Crippen LogP) is 5.94. The summed E-state index contributed by atoms with van der Waals surface area (Å²) in [6.45, 7) is 3.76. The molecule has 2 aromatic carbocycles. The Morgan fingerprint density at radius 1 is 1.22 bits per heavy atom. The highest BCUT2D eigenvalue weighted by Gasteiger charge is 2.19. The van der Waals surface area contributed by atoms with E-state index in [4.69, 9.17) is 9.47 Å². The molecule has 4 nitrogen and oxygen atoms in total. The fourth-order valence-electron chi connectivity index (χ4n) is 2.68. The number of carbonyl (C=O) groups is 1. The third-order valence-corrected chi connectivity index (χ3v) is 4.95. The Morgan fingerprint density at radius 2 is 1.96 bits per heavy atom. The minimum Gasteiger partial charge on any atom is -0.488 e. The topological polar surface area (TPSA) is 44.8 Å². The quantitative estimate of drug-likeness (QED) is 0.329. The second-order valence-electron chi connectivity index (χ2n) is 5.75. The average Bonchev–Trinajstić information content (AvgIpc) is 2.66. The summed E-state index contributed by atoms with van der Waals surface area (Å²) in [7, 11) is 1.21. The molecule has 0 bridgehead atoms. The van der Waals surface area contributed by atoms with Crippen LogP contribution in [0.25, 0.3) is 0 Å². The summed E-state index contributed by atoms with van der Waals surface area (Å²) in [6, 6.07) is 8.30. The minimum atomic E-state index is -2.65. The lowest BCUT2D eigenvalue weighted by Gasteiger charge is -2.17. The van der Waals surface area contributed by atoms with Gasteiger partial charge in [-0.05, 0) is 55.0 Å². The highest BCUT2D eigenvalue weighted by molar-refractivity contribution is 7.98. The molecule has 0 spiro atoms. The molecule has 0 N–H and O–H groups in total. The van der Waals surface area contributed by atoms with Crippen molar-refractivity contribution in [1.29, 1.82) is 0 Å². The molecule has 2 aromatic rings. The fraction of sp³-hybridized carbons (Fsp3) is 0.350. The van der Waals surface area contributed by atoms with E-state index >= 15 is 0 Å². The number of ether oxygens (including phenoxy) is 3. The van der Waals surface area contributed by atoms with Crippen molar-refractivity contribution in [3.05, 3.63) is 52.6 Å². The van der Waals surface area contributed by atoms with Gasteiger partial charge in [0, 0.05) is 10.5 Å². The van der Waals surface area contributed by atoms with Gasteiger partial charge in [0.1, 0.15) is 18.1 Å². The molecule has 0 radical (unpaired) electrons. The smallest absolute Gasteiger partial charge is 0.488 e. The van der Waals surface area contributed by atoms with Crippen molar-refractivity contribution < 1.29 is 27.8 Å². The SMILES string of the molecule is CCc1cc(C(F)F)c(OCc2c(OC(=O)OC)cccc2SC)cc1C. The van der Waals surface area contributed by atoms with Crippen LogP contribution in [0.15, 0.2) is 35.2 Å². The van der Waals surface area contributed by atoms with Crippen LogP contribution in [0.4, 0.5) is 13.6 Å². The zero-order valence-electron chi connectivity index (χ0n) is 15.7. The molecule has 0 atom stereocenters. The van der Waals surface area contributed by atoms with Gasteiger partial charge in [-0.3, -0.25) is 0 Å². The normalized spacial score (nSPS) is 10.8. The molecule has 2 rings (SSSR count). The summed E-state index contributed by atoms with van der Waals surface area (Å²) in [5, 5.41) is 0. The van der Waals surface area contributed by atoms with Gasteiger partial charge in [-0.25, -0.2) is 13.6 Å². The first-order chi connectivity index (χ1) is 12.9. The Labute approximate surface area is 161 Å². The summed E-state index contributed by atoms with van der Waals surface area (Å²) >= 11 is 1.44. The van der Waals surface area contributed by atoms with Gasteiger partial charge in [-0.15, -0.1) is 11.8 Å². The van der Waals surface area contributed by atoms with Crippen LogP contribution < -0.4 is 9.47 Å². The van der Waals surface area contributed by atoms with E-state index in [1.54, 1.807) is 18.2 Å². The van der Waals surface area contributed by atoms with Crippen molar-refractivity contribution in [3.63, 3.8) is 0 Å². The molecule has 0 aliphatic carbocycles. The summed E-state index contributed by atoms with van der Waals surface area (Å²) in [5.74, 6) is 0.397. The summed E-state index contributed by atoms with van der Waals surface area (Å²) < 4.78 is 42.4. The van der Waals surface area contributed by atoms with E-state index in [0.29, 0.717) is 12.0 Å². The van der Waals surface area contributed by atoms with Gasteiger partial charge in [-0.2, -0.15) is 0 Å². The number of benzene rings is 2. The number of hydrogen-bond donors (Lipinski definition) is 0. The highest BCUT2D eigenvalue weighted by atomic mass is 32.2. The van der Waals surface area contributed by atoms with Gasteiger partial charge in [0.15, 0.2) is 0 Å². The van der Waals surface area contributed by atoms with Crippen molar-refractivity contribution in [1.82, 2.24) is 0 Å². The number of alkyl halides is 2. The van der Waals surface area contributed by atoms with Gasteiger partial charge in [-0.1, -0.05) is 13.0 Å². The van der Waals surface area contributed by atoms with Crippen LogP contribution >= 0.6 is 11.8 Å². The number of thioether (sulfide) groups is 1. The molecule has 146 valence electrons. The van der Waals surface area contributed by atoms with Gasteiger partial charge >= 0.3 is 6.16 Å². The minimum absolute atomic E-state index is 0.0199. The maximum Gasteiger partial charge on any atom is 0.513 e. The Morgan fingerprint density at radius 3 is 2.56 bits per heavy atom. The van der Waals surface area contributed by atoms with Crippen molar-refractivity contribution in [3.8, 4) is 11.5 Å². The highest BCUT2D eigenvalue weighted by Crippen LogP contribution is 2.35. The molecule has 0 aliphatic rings. The molecule has 0 saturated carbocycles. The van der Waals surface area contributed by atoms with Gasteiger partial charge < -0.3 is 14.2 Å². The average molecular weight is 396 g/mol. The number of rotatable bonds is 7. The summed E-state index contributed by atoms with van der Waals surface area (Å²) in [4.78, 5) is 12.3. The number of hydrogen-bond acceptors (Lipinski definition) is 5. The van der Waals surface area contributed by atoms with Crippen LogP contribution in [0.5, 0.6) is 11.5 Å². The lowest BCUT2D eigenvalue weighted by Crippen LogP contribution is -2.11. The van der Waals surface area contributed by atoms with Crippen LogP contribution in [0, 0.1) is 6.92 Å². The van der Waals surface area contributed by atoms with Crippen molar-refractivity contribution in [2.45, 2.75) is 38.2 Å². The van der Waals surface area contributed by atoms with E-state index in [1.165, 1.54) is 24.9 Å². The fourth-order valence-corrected chi connectivity index (χ4v) is 3.30. The molecule has 0 unspecified atom stereocenters. The van der Waals surface area contributed by atoms with Crippen molar-refractivity contribution in [2.75, 3.05) is 13.4 Å². The van der Waals surface area contributed by atoms with Crippen LogP contribution in [0.2, 0.25) is 0 Å². The van der Waals surface area contributed by atoms with E-state index in [0.717, 1.165) is 16.0 Å². The third kappa shape index (κ3) is 5.13. The molecule has 0 amide bonds. The number of halogens is 2. The van der Waals surface area contributed by atoms with E-state index in [2.05, 4.69) is 4.74 Å². The third-order valence-electron chi connectivity index (χ3n) is 4.13. The van der Waals surface area contributed by atoms with Crippen molar-refractivity contribution >= 4 is 17.9 Å². The molecule has 0 heterocycles. The molecule has 0 aliphatic heterocycles. The maximum absolute atomic E-state index is 13.5. The van der Waals surface area contributed by atoms with E-state index < -0.39 is 12.6 Å². The molecule has 0 fully saturated rings. The molecule has 0 aromatic heterocycles. The molecule has 7 heteroatoms. The van der Waals surface area contributed by atoms with Gasteiger partial charge in [0.05, 0.1) is 12.7 Å². The summed E-state index contributed by atoms with van der Waals surface area (Å²) in [6.07, 6.45) is -0.970. The Bertz CT molecular complexity index is 809. The van der Waals surface area contributed by atoms with Crippen molar-refractivity contribution in [2.24, 2.45) is 0 Å². The second-order valence-corrected chi connectivity index (χ2v) is 6.60. The summed E-state index contributed by atoms with van der Waals surface area (Å²) in [5.41, 5.74) is 2.19. The molecule has 0 saturated heterocycles. The first-order valence-electron chi connectivity index (χ1n) is 8.37. The predicted molar refractivity (Wildman–Crippen MR) is 101 cm³/mol. The largest absolute Gasteiger partial charge is 0.513 e. The molecular weight excluding hydrogens is 374 g/mol. The number of methoxy groups -OCH3 is 1. The van der Waals surface area contributed by atoms with E-state index in [-0.39, 0.29) is 23.7 Å². The van der Waals surface area contributed by atoms with E-state index in [9.17, 15) is 13.6 Å². The standard InChI is InChI=1S/C20H22F2O4S/c1-5-13-10-14(19(21)22)17(9-12(13)2)25-11-15-16(26-20(23)24-3)7-6-8-18(15)27-4/h6-10,19H,5,11H2,1-4H3. The van der Waals surface area contributed by atoms with Crippen LogP contribution in [0.1, 0.15) is 35.6 Å². The van der Waals surface area contributed by atoms with Gasteiger partial charge in [0.25, 0.3) is 6.43 Å². The Hall–Kier alpha value is -2.28. The lowest BCUT2D eigenvalue weighted by atomic mass is 10.0. The zero-order chi connectivity index (χ0) is 20.0. The Kier molecular flexibility index (Phi) is 7.47. The zero-order valence-corrected chi connectivity index (χ0v) is 16.5. The first kappa shape index (κ1) is 21.0.